The number of nitrogens with zero attached hydrogens (tertiary/aromatic N) is 4. The zero-order valence-electron chi connectivity index (χ0n) is 18.7. The van der Waals surface area contributed by atoms with E-state index in [0.29, 0.717) is 18.3 Å². The van der Waals surface area contributed by atoms with E-state index in [1.54, 1.807) is 11.6 Å². The Morgan fingerprint density at radius 3 is 2.58 bits per heavy atom. The number of carbonyl (C=O) groups is 1. The van der Waals surface area contributed by atoms with Gasteiger partial charge >= 0.3 is 5.69 Å². The van der Waals surface area contributed by atoms with Crippen LogP contribution in [-0.4, -0.2) is 43.2 Å². The zero-order valence-corrected chi connectivity index (χ0v) is 18.7. The quantitative estimate of drug-likeness (QED) is 0.514. The number of amides is 1. The molecular weight excluding hydrogens is 414 g/mol. The van der Waals surface area contributed by atoms with Crippen LogP contribution in [-0.2, 0) is 18.4 Å². The lowest BCUT2D eigenvalue weighted by molar-refractivity contribution is -0.131. The molecule has 168 valence electrons. The van der Waals surface area contributed by atoms with E-state index >= 15 is 0 Å². The van der Waals surface area contributed by atoms with Crippen LogP contribution < -0.4 is 5.69 Å². The van der Waals surface area contributed by atoms with Gasteiger partial charge in [-0.25, -0.2) is 9.48 Å². The summed E-state index contributed by atoms with van der Waals surface area (Å²) in [6.45, 7) is 2.11. The summed E-state index contributed by atoms with van der Waals surface area (Å²) in [4.78, 5) is 30.5. The zero-order chi connectivity index (χ0) is 22.5. The molecule has 1 atom stereocenters. The predicted molar refractivity (Wildman–Crippen MR) is 128 cm³/mol. The van der Waals surface area contributed by atoms with E-state index in [4.69, 9.17) is 0 Å². The summed E-state index contributed by atoms with van der Waals surface area (Å²) < 4.78 is 3.18. The van der Waals surface area contributed by atoms with Crippen molar-refractivity contribution in [3.63, 3.8) is 0 Å². The number of fused-ring (bicyclic) bond motifs is 1. The largest absolute Gasteiger partial charge is 0.361 e. The predicted octanol–water partition coefficient (Wildman–Crippen LogP) is 3.66. The van der Waals surface area contributed by atoms with Crippen molar-refractivity contribution in [1.29, 1.82) is 0 Å². The van der Waals surface area contributed by atoms with Crippen LogP contribution in [0.1, 0.15) is 19.3 Å². The van der Waals surface area contributed by atoms with Crippen molar-refractivity contribution in [2.24, 2.45) is 18.9 Å². The van der Waals surface area contributed by atoms with Gasteiger partial charge in [0.05, 0.1) is 0 Å². The van der Waals surface area contributed by atoms with Crippen LogP contribution in [0, 0.1) is 11.8 Å². The summed E-state index contributed by atoms with van der Waals surface area (Å²) in [5, 5.41) is 5.72. The van der Waals surface area contributed by atoms with Crippen LogP contribution in [0.3, 0.4) is 0 Å². The van der Waals surface area contributed by atoms with Crippen LogP contribution >= 0.6 is 0 Å². The average molecular weight is 442 g/mol. The van der Waals surface area contributed by atoms with E-state index in [2.05, 4.69) is 46.5 Å². The fourth-order valence-electron chi connectivity index (χ4n) is 4.95. The molecule has 4 aromatic rings. The number of aromatic nitrogens is 4. The van der Waals surface area contributed by atoms with Crippen molar-refractivity contribution < 1.29 is 4.79 Å². The maximum atomic E-state index is 12.9. The third kappa shape index (κ3) is 3.67. The molecule has 2 aromatic carbocycles. The van der Waals surface area contributed by atoms with E-state index in [0.717, 1.165) is 54.6 Å². The molecular formula is C26H27N5O2. The maximum absolute atomic E-state index is 12.9. The van der Waals surface area contributed by atoms with Crippen LogP contribution in [0.25, 0.3) is 33.4 Å². The second-order valence-corrected chi connectivity index (χ2v) is 9.41. The molecule has 2 fully saturated rings. The normalized spacial score (nSPS) is 18.3. The number of hydrogen-bond acceptors (Lipinski definition) is 3. The van der Waals surface area contributed by atoms with Gasteiger partial charge in [-0.3, -0.25) is 9.36 Å². The Balaban J connectivity index is 1.25. The van der Waals surface area contributed by atoms with Crippen LogP contribution in [0.2, 0.25) is 0 Å². The molecule has 1 aliphatic carbocycles. The summed E-state index contributed by atoms with van der Waals surface area (Å²) in [7, 11) is 1.69. The fraction of sp³-hybridized carbons (Fsp3) is 0.346. The highest BCUT2D eigenvalue weighted by atomic mass is 16.2. The molecule has 0 spiro atoms. The topological polar surface area (TPSA) is 75.9 Å². The standard InChI is InChI=1S/C26H27N5O2/c1-29-26(33)31(16-17-11-13-30(15-17)25(32)21-7-8-21)24(28-29)20-5-2-18(3-6-20)22-9-4-19-10-12-27-23(19)14-22/h2-6,9-10,12,14,17,21,27H,7-8,11,13,15-16H2,1H3/t17-/m1/s1. The highest BCUT2D eigenvalue weighted by Crippen LogP contribution is 2.33. The number of hydrogen-bond donors (Lipinski definition) is 1. The van der Waals surface area contributed by atoms with Crippen molar-refractivity contribution in [3.8, 4) is 22.5 Å². The van der Waals surface area contributed by atoms with Gasteiger partial charge in [0.25, 0.3) is 0 Å². The lowest BCUT2D eigenvalue weighted by Crippen LogP contribution is -2.31. The fourth-order valence-corrected chi connectivity index (χ4v) is 4.95. The number of carbonyl (C=O) groups excluding carboxylic acids is 1. The second kappa shape index (κ2) is 7.76. The third-order valence-corrected chi connectivity index (χ3v) is 7.00. The summed E-state index contributed by atoms with van der Waals surface area (Å²) in [5.74, 6) is 1.50. The minimum atomic E-state index is -0.113. The number of likely N-dealkylation sites (tertiary alicyclic amines) is 1. The van der Waals surface area contributed by atoms with Gasteiger partial charge in [-0.15, -0.1) is 5.10 Å². The molecule has 2 aromatic heterocycles. The second-order valence-electron chi connectivity index (χ2n) is 9.41. The smallest absolute Gasteiger partial charge is 0.345 e. The summed E-state index contributed by atoms with van der Waals surface area (Å²) in [6.07, 6.45) is 4.94. The van der Waals surface area contributed by atoms with Crippen LogP contribution in [0.4, 0.5) is 0 Å². The molecule has 33 heavy (non-hydrogen) atoms. The monoisotopic (exact) mass is 441 g/mol. The van der Waals surface area contributed by atoms with Crippen molar-refractivity contribution >= 4 is 16.8 Å². The van der Waals surface area contributed by atoms with E-state index in [1.165, 1.54) is 10.1 Å². The van der Waals surface area contributed by atoms with E-state index in [1.807, 2.05) is 23.2 Å². The van der Waals surface area contributed by atoms with Gasteiger partial charge < -0.3 is 9.88 Å². The molecule has 1 N–H and O–H groups in total. The third-order valence-electron chi connectivity index (χ3n) is 7.00. The Morgan fingerprint density at radius 1 is 1.03 bits per heavy atom. The molecule has 0 radical (unpaired) electrons. The Bertz CT molecular complexity index is 1390. The molecule has 1 aliphatic heterocycles. The molecule has 7 nitrogen and oxygen atoms in total. The van der Waals surface area contributed by atoms with Gasteiger partial charge in [-0.05, 0) is 53.8 Å². The Morgan fingerprint density at radius 2 is 1.79 bits per heavy atom. The van der Waals surface area contributed by atoms with Gasteiger partial charge in [0, 0.05) is 49.9 Å². The lowest BCUT2D eigenvalue weighted by atomic mass is 10.0. The Kier molecular flexibility index (Phi) is 4.71. The lowest BCUT2D eigenvalue weighted by Gasteiger charge is -2.16. The first-order chi connectivity index (χ1) is 16.1. The van der Waals surface area contributed by atoms with Crippen molar-refractivity contribution in [2.75, 3.05) is 13.1 Å². The number of rotatable bonds is 5. The van der Waals surface area contributed by atoms with Gasteiger partial charge in [0.1, 0.15) is 0 Å². The molecule has 6 rings (SSSR count). The maximum Gasteiger partial charge on any atom is 0.345 e. The number of H-pyrrole nitrogens is 1. The van der Waals surface area contributed by atoms with Crippen molar-refractivity contribution in [1.82, 2.24) is 24.2 Å². The van der Waals surface area contributed by atoms with Crippen molar-refractivity contribution in [2.45, 2.75) is 25.8 Å². The first kappa shape index (κ1) is 20.0. The number of aromatic amines is 1. The van der Waals surface area contributed by atoms with Crippen LogP contribution in [0.5, 0.6) is 0 Å². The summed E-state index contributed by atoms with van der Waals surface area (Å²) in [5.41, 5.74) is 4.17. The molecule has 1 amide bonds. The highest BCUT2D eigenvalue weighted by molar-refractivity contribution is 5.85. The van der Waals surface area contributed by atoms with Gasteiger partial charge in [-0.1, -0.05) is 36.4 Å². The van der Waals surface area contributed by atoms with Crippen LogP contribution in [0.15, 0.2) is 59.5 Å². The van der Waals surface area contributed by atoms with Gasteiger partial charge in [-0.2, -0.15) is 0 Å². The van der Waals surface area contributed by atoms with E-state index < -0.39 is 0 Å². The van der Waals surface area contributed by atoms with Crippen molar-refractivity contribution in [3.05, 3.63) is 65.2 Å². The molecule has 1 saturated heterocycles. The average Bonchev–Trinajstić information content (AvgIpc) is 3.28. The first-order valence-electron chi connectivity index (χ1n) is 11.7. The number of nitrogens with one attached hydrogen (secondary N) is 1. The Hall–Kier alpha value is -3.61. The van der Waals surface area contributed by atoms with Gasteiger partial charge in [0.2, 0.25) is 5.91 Å². The molecule has 3 heterocycles. The molecule has 1 saturated carbocycles. The molecule has 7 heteroatoms. The molecule has 2 aliphatic rings. The molecule has 0 bridgehead atoms. The van der Waals surface area contributed by atoms with Gasteiger partial charge in [0.15, 0.2) is 5.82 Å². The number of benzene rings is 2. The number of aryl methyl sites for hydroxylation is 1. The highest BCUT2D eigenvalue weighted by Gasteiger charge is 2.36. The SMILES string of the molecule is Cn1nc(-c2ccc(-c3ccc4cc[nH]c4c3)cc2)n(C[C@@H]2CCN(C(=O)C3CC3)C2)c1=O. The Labute approximate surface area is 191 Å². The molecule has 0 unspecified atom stereocenters. The summed E-state index contributed by atoms with van der Waals surface area (Å²) >= 11 is 0. The first-order valence-corrected chi connectivity index (χ1v) is 11.7. The minimum Gasteiger partial charge on any atom is -0.361 e. The van der Waals surface area contributed by atoms with E-state index in [-0.39, 0.29) is 17.5 Å². The van der Waals surface area contributed by atoms with E-state index in [9.17, 15) is 9.59 Å². The summed E-state index contributed by atoms with van der Waals surface area (Å²) in [6, 6.07) is 16.7. The minimum absolute atomic E-state index is 0.113.